The number of hydrogen-bond donors (Lipinski definition) is 1. The van der Waals surface area contributed by atoms with Crippen molar-refractivity contribution in [3.8, 4) is 11.1 Å². The van der Waals surface area contributed by atoms with Crippen LogP contribution >= 0.6 is 0 Å². The lowest BCUT2D eigenvalue weighted by Gasteiger charge is -2.42. The predicted molar refractivity (Wildman–Crippen MR) is 113 cm³/mol. The molecule has 0 aliphatic carbocycles. The second kappa shape index (κ2) is 9.21. The van der Waals surface area contributed by atoms with Gasteiger partial charge in [-0.05, 0) is 55.0 Å². The zero-order valence-electron chi connectivity index (χ0n) is 17.2. The monoisotopic (exact) mass is 396 g/mol. The second-order valence-corrected chi connectivity index (χ2v) is 7.80. The number of likely N-dealkylation sites (tertiary alicyclic amines) is 1. The summed E-state index contributed by atoms with van der Waals surface area (Å²) in [5, 5.41) is 2.98. The van der Waals surface area contributed by atoms with Crippen molar-refractivity contribution in [2.45, 2.75) is 39.5 Å². The van der Waals surface area contributed by atoms with Gasteiger partial charge in [-0.25, -0.2) is 4.39 Å². The Morgan fingerprint density at radius 2 is 1.83 bits per heavy atom. The maximum absolute atomic E-state index is 13.6. The molecule has 1 atom stereocenters. The topological polar surface area (TPSA) is 49.4 Å². The van der Waals surface area contributed by atoms with Gasteiger partial charge in [-0.2, -0.15) is 0 Å². The highest BCUT2D eigenvalue weighted by molar-refractivity contribution is 5.85. The van der Waals surface area contributed by atoms with Crippen molar-refractivity contribution in [2.24, 2.45) is 5.41 Å². The third kappa shape index (κ3) is 4.84. The molecule has 0 radical (unpaired) electrons. The van der Waals surface area contributed by atoms with E-state index in [1.807, 2.05) is 49.1 Å². The SMILES string of the molecule is CCNC(=O)[C@@]1(Cc2cccc(-c3cccc(F)c3)c2)CCCN(C(=O)CC)C1. The largest absolute Gasteiger partial charge is 0.356 e. The van der Waals surface area contributed by atoms with Crippen molar-refractivity contribution >= 4 is 11.8 Å². The molecule has 0 aromatic heterocycles. The van der Waals surface area contributed by atoms with Crippen molar-refractivity contribution < 1.29 is 14.0 Å². The van der Waals surface area contributed by atoms with Gasteiger partial charge < -0.3 is 10.2 Å². The molecule has 1 aliphatic rings. The highest BCUT2D eigenvalue weighted by Crippen LogP contribution is 2.35. The number of piperidine rings is 1. The zero-order valence-corrected chi connectivity index (χ0v) is 17.2. The fraction of sp³-hybridized carbons (Fsp3) is 0.417. The molecule has 29 heavy (non-hydrogen) atoms. The number of amides is 2. The highest BCUT2D eigenvalue weighted by atomic mass is 19.1. The lowest BCUT2D eigenvalue weighted by molar-refractivity contribution is -0.141. The molecule has 154 valence electrons. The van der Waals surface area contributed by atoms with E-state index in [0.29, 0.717) is 32.5 Å². The number of benzene rings is 2. The fourth-order valence-electron chi connectivity index (χ4n) is 4.25. The quantitative estimate of drug-likeness (QED) is 0.796. The molecule has 4 nitrogen and oxygen atoms in total. The number of halogens is 1. The number of carbonyl (C=O) groups excluding carboxylic acids is 2. The summed E-state index contributed by atoms with van der Waals surface area (Å²) < 4.78 is 13.6. The van der Waals surface area contributed by atoms with Crippen LogP contribution in [0.2, 0.25) is 0 Å². The third-order valence-electron chi connectivity index (χ3n) is 5.68. The van der Waals surface area contributed by atoms with E-state index in [4.69, 9.17) is 0 Å². The summed E-state index contributed by atoms with van der Waals surface area (Å²) in [5.41, 5.74) is 2.11. The van der Waals surface area contributed by atoms with Crippen molar-refractivity contribution in [1.29, 1.82) is 0 Å². The molecule has 1 saturated heterocycles. The summed E-state index contributed by atoms with van der Waals surface area (Å²) in [6, 6.07) is 14.4. The molecule has 0 spiro atoms. The Balaban J connectivity index is 1.91. The average Bonchev–Trinajstić information content (AvgIpc) is 2.73. The number of nitrogens with zero attached hydrogens (tertiary/aromatic N) is 1. The molecule has 1 fully saturated rings. The van der Waals surface area contributed by atoms with Crippen LogP contribution in [0.3, 0.4) is 0 Å². The van der Waals surface area contributed by atoms with E-state index in [2.05, 4.69) is 5.32 Å². The van der Waals surface area contributed by atoms with Gasteiger partial charge in [-0.3, -0.25) is 9.59 Å². The molecule has 0 bridgehead atoms. The van der Waals surface area contributed by atoms with Gasteiger partial charge in [0.25, 0.3) is 0 Å². The van der Waals surface area contributed by atoms with Crippen LogP contribution in [0.25, 0.3) is 11.1 Å². The fourth-order valence-corrected chi connectivity index (χ4v) is 4.25. The third-order valence-corrected chi connectivity index (χ3v) is 5.68. The molecule has 1 heterocycles. The molecule has 1 N–H and O–H groups in total. The lowest BCUT2D eigenvalue weighted by Crippen LogP contribution is -2.54. The highest BCUT2D eigenvalue weighted by Gasteiger charge is 2.43. The maximum Gasteiger partial charge on any atom is 0.228 e. The first-order valence-corrected chi connectivity index (χ1v) is 10.4. The first-order valence-electron chi connectivity index (χ1n) is 10.4. The molecule has 3 rings (SSSR count). The van der Waals surface area contributed by atoms with Crippen LogP contribution in [0.4, 0.5) is 4.39 Å². The van der Waals surface area contributed by atoms with E-state index < -0.39 is 5.41 Å². The van der Waals surface area contributed by atoms with Crippen LogP contribution in [0, 0.1) is 11.2 Å². The van der Waals surface area contributed by atoms with Crippen molar-refractivity contribution in [2.75, 3.05) is 19.6 Å². The van der Waals surface area contributed by atoms with Gasteiger partial charge >= 0.3 is 0 Å². The molecule has 2 amide bonds. The van der Waals surface area contributed by atoms with Gasteiger partial charge in [0.1, 0.15) is 5.82 Å². The van der Waals surface area contributed by atoms with Crippen LogP contribution < -0.4 is 5.32 Å². The average molecular weight is 397 g/mol. The smallest absolute Gasteiger partial charge is 0.228 e. The van der Waals surface area contributed by atoms with Crippen molar-refractivity contribution in [3.05, 3.63) is 59.9 Å². The van der Waals surface area contributed by atoms with E-state index in [0.717, 1.165) is 29.5 Å². The molecule has 5 heteroatoms. The summed E-state index contributed by atoms with van der Waals surface area (Å²) in [7, 11) is 0. The standard InChI is InChI=1S/C24H29FN2O2/c1-3-22(28)27-13-7-12-24(17-27,23(29)26-4-2)16-18-8-5-9-19(14-18)20-10-6-11-21(25)15-20/h5-6,8-11,14-15H,3-4,7,12-13,16-17H2,1-2H3,(H,26,29)/t24-/m1/s1. The van der Waals surface area contributed by atoms with Gasteiger partial charge in [0.2, 0.25) is 11.8 Å². The van der Waals surface area contributed by atoms with Crippen LogP contribution in [-0.4, -0.2) is 36.3 Å². The minimum Gasteiger partial charge on any atom is -0.356 e. The first-order chi connectivity index (χ1) is 14.0. The van der Waals surface area contributed by atoms with Gasteiger partial charge in [0.15, 0.2) is 0 Å². The Morgan fingerprint density at radius 3 is 2.52 bits per heavy atom. The number of rotatable bonds is 6. The molecule has 1 aliphatic heterocycles. The van der Waals surface area contributed by atoms with Crippen molar-refractivity contribution in [1.82, 2.24) is 10.2 Å². The van der Waals surface area contributed by atoms with Crippen LogP contribution in [0.15, 0.2) is 48.5 Å². The van der Waals surface area contributed by atoms with Gasteiger partial charge in [-0.15, -0.1) is 0 Å². The van der Waals surface area contributed by atoms with Gasteiger partial charge in [0, 0.05) is 26.1 Å². The van der Waals surface area contributed by atoms with Crippen LogP contribution in [0.5, 0.6) is 0 Å². The zero-order chi connectivity index (χ0) is 20.9. The molecule has 0 unspecified atom stereocenters. The number of hydrogen-bond acceptors (Lipinski definition) is 2. The number of nitrogens with one attached hydrogen (secondary N) is 1. The molecule has 0 saturated carbocycles. The Labute approximate surface area is 172 Å². The molecule has 2 aromatic carbocycles. The summed E-state index contributed by atoms with van der Waals surface area (Å²) in [5.74, 6) is -0.177. The first kappa shape index (κ1) is 21.0. The molecular formula is C24H29FN2O2. The van der Waals surface area contributed by atoms with Crippen LogP contribution in [0.1, 0.15) is 38.7 Å². The molecular weight excluding hydrogens is 367 g/mol. The minimum atomic E-state index is -0.639. The maximum atomic E-state index is 13.6. The summed E-state index contributed by atoms with van der Waals surface area (Å²) >= 11 is 0. The van der Waals surface area contributed by atoms with E-state index in [9.17, 15) is 14.0 Å². The lowest BCUT2D eigenvalue weighted by atomic mass is 9.74. The van der Waals surface area contributed by atoms with E-state index in [-0.39, 0.29) is 17.6 Å². The summed E-state index contributed by atoms with van der Waals surface area (Å²) in [4.78, 5) is 27.2. The Hall–Kier alpha value is -2.69. The van der Waals surface area contributed by atoms with E-state index in [1.165, 1.54) is 12.1 Å². The Morgan fingerprint density at radius 1 is 1.10 bits per heavy atom. The normalized spacial score (nSPS) is 19.1. The summed E-state index contributed by atoms with van der Waals surface area (Å²) in [6.45, 7) is 5.47. The molecule has 2 aromatic rings. The number of carbonyl (C=O) groups is 2. The van der Waals surface area contributed by atoms with Gasteiger partial charge in [-0.1, -0.05) is 43.3 Å². The van der Waals surface area contributed by atoms with Gasteiger partial charge in [0.05, 0.1) is 5.41 Å². The Kier molecular flexibility index (Phi) is 6.68. The Bertz CT molecular complexity index is 883. The minimum absolute atomic E-state index is 0.00441. The van der Waals surface area contributed by atoms with Crippen LogP contribution in [-0.2, 0) is 16.0 Å². The summed E-state index contributed by atoms with van der Waals surface area (Å²) in [6.07, 6.45) is 2.55. The predicted octanol–water partition coefficient (Wildman–Crippen LogP) is 4.19. The van der Waals surface area contributed by atoms with Crippen molar-refractivity contribution in [3.63, 3.8) is 0 Å². The van der Waals surface area contributed by atoms with E-state index in [1.54, 1.807) is 6.07 Å². The second-order valence-electron chi connectivity index (χ2n) is 7.80. The van der Waals surface area contributed by atoms with E-state index >= 15 is 0 Å².